The number of rotatable bonds is 12. The number of hydrogen-bond donors (Lipinski definition) is 2. The first-order valence-electron chi connectivity index (χ1n) is 11.2. The van der Waals surface area contributed by atoms with E-state index in [0.717, 1.165) is 5.75 Å². The number of nitrogens with one attached hydrogen (secondary N) is 1. The van der Waals surface area contributed by atoms with Gasteiger partial charge in [-0.1, -0.05) is 37.7 Å². The fraction of sp³-hybridized carbons (Fsp3) is 0.375. The van der Waals surface area contributed by atoms with Crippen molar-refractivity contribution in [3.63, 3.8) is 0 Å². The van der Waals surface area contributed by atoms with Gasteiger partial charge in [0.2, 0.25) is 11.1 Å². The van der Waals surface area contributed by atoms with Crippen LogP contribution in [0.25, 0.3) is 0 Å². The predicted molar refractivity (Wildman–Crippen MR) is 133 cm³/mol. The van der Waals surface area contributed by atoms with Crippen LogP contribution in [0.1, 0.15) is 45.0 Å². The van der Waals surface area contributed by atoms with Crippen LogP contribution < -0.4 is 25.4 Å². The molecule has 0 aliphatic carbocycles. The first-order chi connectivity index (χ1) is 16.4. The quantitative estimate of drug-likeness (QED) is 0.290. The largest absolute Gasteiger partial charge is 0.490 e. The zero-order chi connectivity index (χ0) is 24.5. The van der Waals surface area contributed by atoms with Gasteiger partial charge in [0.05, 0.1) is 19.0 Å². The van der Waals surface area contributed by atoms with Crippen molar-refractivity contribution in [3.05, 3.63) is 53.9 Å². The molecule has 3 aromatic rings. The fourth-order valence-electron chi connectivity index (χ4n) is 3.06. The van der Waals surface area contributed by atoms with Crippen molar-refractivity contribution in [3.8, 4) is 17.2 Å². The Morgan fingerprint density at radius 3 is 2.41 bits per heavy atom. The summed E-state index contributed by atoms with van der Waals surface area (Å²) in [5.41, 5.74) is 1.86. The molecule has 0 aliphatic rings. The number of benzene rings is 2. The summed E-state index contributed by atoms with van der Waals surface area (Å²) in [7, 11) is 0. The minimum Gasteiger partial charge on any atom is -0.490 e. The second-order valence-electron chi connectivity index (χ2n) is 7.65. The molecule has 3 rings (SSSR count). The van der Waals surface area contributed by atoms with Crippen molar-refractivity contribution in [2.45, 2.75) is 45.4 Å². The number of hydrogen-bond acceptors (Lipinski definition) is 8. The van der Waals surface area contributed by atoms with Gasteiger partial charge in [-0.2, -0.15) is 0 Å². The molecule has 0 fully saturated rings. The van der Waals surface area contributed by atoms with Gasteiger partial charge in [-0.05, 0) is 49.6 Å². The van der Waals surface area contributed by atoms with Gasteiger partial charge < -0.3 is 25.4 Å². The topological polar surface area (TPSA) is 114 Å². The zero-order valence-corrected chi connectivity index (χ0v) is 20.7. The number of anilines is 1. The third-order valence-corrected chi connectivity index (χ3v) is 5.75. The lowest BCUT2D eigenvalue weighted by molar-refractivity contribution is -0.113. The highest BCUT2D eigenvalue weighted by atomic mass is 32.2. The summed E-state index contributed by atoms with van der Waals surface area (Å²) in [5.74, 6) is 8.87. The van der Waals surface area contributed by atoms with Crippen LogP contribution in [0.15, 0.2) is 47.6 Å². The molecule has 1 heterocycles. The maximum absolute atomic E-state index is 12.4. The van der Waals surface area contributed by atoms with Gasteiger partial charge in [0.15, 0.2) is 17.3 Å². The zero-order valence-electron chi connectivity index (χ0n) is 19.9. The molecule has 10 heteroatoms. The number of thioether (sulfide) groups is 1. The first-order valence-corrected chi connectivity index (χ1v) is 12.1. The van der Waals surface area contributed by atoms with Crippen LogP contribution in [0.2, 0.25) is 0 Å². The highest BCUT2D eigenvalue weighted by Crippen LogP contribution is 2.30. The minimum absolute atomic E-state index is 0.115. The van der Waals surface area contributed by atoms with Gasteiger partial charge in [0, 0.05) is 11.8 Å². The molecule has 34 heavy (non-hydrogen) atoms. The Bertz CT molecular complexity index is 1090. The summed E-state index contributed by atoms with van der Waals surface area (Å²) in [5, 5.41) is 11.4. The van der Waals surface area contributed by atoms with Crippen molar-refractivity contribution < 1.29 is 19.0 Å². The Labute approximate surface area is 204 Å². The summed E-state index contributed by atoms with van der Waals surface area (Å²) in [6.45, 7) is 9.27. The van der Waals surface area contributed by atoms with Crippen molar-refractivity contribution in [2.24, 2.45) is 0 Å². The standard InChI is InChI=1S/C24H31N5O4S/c1-5-31-20-12-9-18(13-21(20)32-6-2)26-23(30)15-34-24-28-27-22(29(24)25)14-33-19-10-7-17(8-11-19)16(3)4/h7-13,16H,5-6,14-15,25H2,1-4H3,(H,26,30). The Kier molecular flexibility index (Phi) is 9.03. The molecule has 0 atom stereocenters. The van der Waals surface area contributed by atoms with E-state index in [4.69, 9.17) is 20.1 Å². The van der Waals surface area contributed by atoms with Crippen LogP contribution in [0, 0.1) is 0 Å². The number of carbonyl (C=O) groups is 1. The third kappa shape index (κ3) is 6.80. The second-order valence-corrected chi connectivity index (χ2v) is 8.59. The summed E-state index contributed by atoms with van der Waals surface area (Å²) in [6.07, 6.45) is 0. The van der Waals surface area contributed by atoms with Crippen molar-refractivity contribution in [1.82, 2.24) is 14.9 Å². The molecular weight excluding hydrogens is 454 g/mol. The molecule has 3 N–H and O–H groups in total. The second kappa shape index (κ2) is 12.2. The number of nitrogens with zero attached hydrogens (tertiary/aromatic N) is 3. The van der Waals surface area contributed by atoms with E-state index in [1.807, 2.05) is 38.1 Å². The van der Waals surface area contributed by atoms with Crippen LogP contribution in [0.3, 0.4) is 0 Å². The number of carbonyl (C=O) groups excluding carboxylic acids is 1. The minimum atomic E-state index is -0.206. The summed E-state index contributed by atoms with van der Waals surface area (Å²) in [6, 6.07) is 13.2. The molecule has 0 radical (unpaired) electrons. The normalized spacial score (nSPS) is 10.9. The van der Waals surface area contributed by atoms with Crippen molar-refractivity contribution >= 4 is 23.4 Å². The van der Waals surface area contributed by atoms with E-state index in [1.54, 1.807) is 18.2 Å². The van der Waals surface area contributed by atoms with Crippen molar-refractivity contribution in [1.29, 1.82) is 0 Å². The first kappa shape index (κ1) is 25.2. The summed E-state index contributed by atoms with van der Waals surface area (Å²) >= 11 is 1.19. The SMILES string of the molecule is CCOc1ccc(NC(=O)CSc2nnc(COc3ccc(C(C)C)cc3)n2N)cc1OCC. The van der Waals surface area contributed by atoms with Crippen LogP contribution >= 0.6 is 11.8 Å². The lowest BCUT2D eigenvalue weighted by Crippen LogP contribution is -2.18. The maximum Gasteiger partial charge on any atom is 0.234 e. The van der Waals surface area contributed by atoms with E-state index >= 15 is 0 Å². The molecular formula is C24H31N5O4S. The Hall–Kier alpha value is -3.40. The maximum atomic E-state index is 12.4. The molecule has 0 spiro atoms. The van der Waals surface area contributed by atoms with Crippen LogP contribution in [-0.2, 0) is 11.4 Å². The smallest absolute Gasteiger partial charge is 0.234 e. The Morgan fingerprint density at radius 1 is 1.03 bits per heavy atom. The van der Waals surface area contributed by atoms with Crippen LogP contribution in [0.4, 0.5) is 5.69 Å². The number of nitrogen functional groups attached to an aromatic ring is 1. The molecule has 182 valence electrons. The molecule has 1 amide bonds. The number of aromatic nitrogens is 3. The molecule has 2 aromatic carbocycles. The van der Waals surface area contributed by atoms with E-state index < -0.39 is 0 Å². The van der Waals surface area contributed by atoms with Gasteiger partial charge in [-0.15, -0.1) is 10.2 Å². The molecule has 1 aromatic heterocycles. The lowest BCUT2D eigenvalue weighted by atomic mass is 10.0. The third-order valence-electron chi connectivity index (χ3n) is 4.81. The molecule has 0 saturated carbocycles. The molecule has 0 bridgehead atoms. The summed E-state index contributed by atoms with van der Waals surface area (Å²) in [4.78, 5) is 12.4. The van der Waals surface area contributed by atoms with E-state index in [1.165, 1.54) is 22.0 Å². The molecule has 0 aliphatic heterocycles. The molecule has 9 nitrogen and oxygen atoms in total. The van der Waals surface area contributed by atoms with Gasteiger partial charge in [0.25, 0.3) is 0 Å². The van der Waals surface area contributed by atoms with Crippen LogP contribution in [0.5, 0.6) is 17.2 Å². The van der Waals surface area contributed by atoms with Gasteiger partial charge in [-0.3, -0.25) is 4.79 Å². The summed E-state index contributed by atoms with van der Waals surface area (Å²) < 4.78 is 18.3. The van der Waals surface area contributed by atoms with Crippen LogP contribution in [-0.4, -0.2) is 39.7 Å². The average Bonchev–Trinajstić information content (AvgIpc) is 3.17. The van der Waals surface area contributed by atoms with E-state index in [2.05, 4.69) is 29.4 Å². The number of amides is 1. The number of nitrogens with two attached hydrogens (primary N) is 1. The van der Waals surface area contributed by atoms with Crippen molar-refractivity contribution in [2.75, 3.05) is 30.1 Å². The highest BCUT2D eigenvalue weighted by molar-refractivity contribution is 7.99. The Morgan fingerprint density at radius 2 is 1.74 bits per heavy atom. The van der Waals surface area contributed by atoms with Gasteiger partial charge in [-0.25, -0.2) is 4.68 Å². The average molecular weight is 486 g/mol. The molecule has 0 unspecified atom stereocenters. The monoisotopic (exact) mass is 485 g/mol. The fourth-order valence-corrected chi connectivity index (χ4v) is 3.73. The van der Waals surface area contributed by atoms with E-state index in [-0.39, 0.29) is 18.3 Å². The predicted octanol–water partition coefficient (Wildman–Crippen LogP) is 4.22. The van der Waals surface area contributed by atoms with Gasteiger partial charge >= 0.3 is 0 Å². The van der Waals surface area contributed by atoms with E-state index in [9.17, 15) is 4.79 Å². The molecule has 0 saturated heterocycles. The van der Waals surface area contributed by atoms with Gasteiger partial charge in [0.1, 0.15) is 12.4 Å². The van der Waals surface area contributed by atoms with E-state index in [0.29, 0.717) is 47.3 Å². The Balaban J connectivity index is 1.53. The lowest BCUT2D eigenvalue weighted by Gasteiger charge is -2.13. The number of ether oxygens (including phenoxy) is 3. The highest BCUT2D eigenvalue weighted by Gasteiger charge is 2.14.